The Balaban J connectivity index is 1.75. The molecule has 2 aromatic heterocycles. The van der Waals surface area contributed by atoms with E-state index in [9.17, 15) is 5.11 Å². The number of benzene rings is 1. The molecule has 5 heteroatoms. The number of nitrogens with one attached hydrogen (secondary N) is 1. The maximum Gasteiger partial charge on any atom is 0.160 e. The molecule has 2 heterocycles. The van der Waals surface area contributed by atoms with E-state index in [0.29, 0.717) is 12.3 Å². The minimum atomic E-state index is 0.0345. The van der Waals surface area contributed by atoms with E-state index in [0.717, 1.165) is 17.0 Å². The first kappa shape index (κ1) is 12.6. The maximum atomic E-state index is 9.84. The third kappa shape index (κ3) is 2.35. The minimum Gasteiger partial charge on any atom is -0.508 e. The number of phenolic OH excluding ortho intramolecular Hbond substituents is 1. The first-order valence-corrected chi connectivity index (χ1v) is 6.55. The zero-order chi connectivity index (χ0) is 13.9. The summed E-state index contributed by atoms with van der Waals surface area (Å²) in [6.45, 7) is 2.60. The van der Waals surface area contributed by atoms with Gasteiger partial charge in [0.2, 0.25) is 0 Å². The van der Waals surface area contributed by atoms with Gasteiger partial charge in [-0.25, -0.2) is 0 Å². The molecule has 20 heavy (non-hydrogen) atoms. The van der Waals surface area contributed by atoms with Gasteiger partial charge in [-0.3, -0.25) is 4.40 Å². The molecule has 0 bridgehead atoms. The molecule has 0 saturated heterocycles. The van der Waals surface area contributed by atoms with Crippen LogP contribution in [0.1, 0.15) is 24.4 Å². The summed E-state index contributed by atoms with van der Waals surface area (Å²) in [6.07, 6.45) is 1.94. The smallest absolute Gasteiger partial charge is 0.160 e. The Morgan fingerprint density at radius 3 is 2.80 bits per heavy atom. The third-order valence-corrected chi connectivity index (χ3v) is 3.35. The van der Waals surface area contributed by atoms with Crippen molar-refractivity contribution in [2.45, 2.75) is 19.5 Å². The van der Waals surface area contributed by atoms with Gasteiger partial charge in [0.25, 0.3) is 0 Å². The molecule has 3 aromatic rings. The van der Waals surface area contributed by atoms with E-state index in [1.54, 1.807) is 6.07 Å². The summed E-state index contributed by atoms with van der Waals surface area (Å²) in [5.41, 5.74) is 1.71. The highest BCUT2D eigenvalue weighted by Gasteiger charge is 2.11. The molecule has 0 amide bonds. The minimum absolute atomic E-state index is 0.0345. The molecule has 0 spiro atoms. The van der Waals surface area contributed by atoms with Gasteiger partial charge in [-0.05, 0) is 25.1 Å². The van der Waals surface area contributed by atoms with Crippen LogP contribution in [0.2, 0.25) is 0 Å². The van der Waals surface area contributed by atoms with E-state index in [2.05, 4.69) is 15.5 Å². The van der Waals surface area contributed by atoms with Gasteiger partial charge in [0.1, 0.15) is 5.75 Å². The Bertz CT molecular complexity index is 722. The number of phenols is 1. The van der Waals surface area contributed by atoms with Crippen molar-refractivity contribution in [3.8, 4) is 5.75 Å². The van der Waals surface area contributed by atoms with E-state index >= 15 is 0 Å². The summed E-state index contributed by atoms with van der Waals surface area (Å²) in [5, 5.41) is 21.5. The van der Waals surface area contributed by atoms with E-state index in [-0.39, 0.29) is 6.04 Å². The summed E-state index contributed by atoms with van der Waals surface area (Å²) < 4.78 is 1.95. The normalized spacial score (nSPS) is 12.7. The van der Waals surface area contributed by atoms with Gasteiger partial charge in [0.05, 0.1) is 6.54 Å². The number of nitrogens with zero attached hydrogens (tertiary/aromatic N) is 3. The lowest BCUT2D eigenvalue weighted by molar-refractivity contribution is 0.451. The highest BCUT2D eigenvalue weighted by Crippen LogP contribution is 2.23. The van der Waals surface area contributed by atoms with Crippen molar-refractivity contribution in [1.82, 2.24) is 19.9 Å². The van der Waals surface area contributed by atoms with Crippen molar-refractivity contribution in [1.29, 1.82) is 0 Å². The first-order valence-electron chi connectivity index (χ1n) is 6.55. The van der Waals surface area contributed by atoms with Crippen molar-refractivity contribution in [3.05, 3.63) is 60.0 Å². The Labute approximate surface area is 116 Å². The zero-order valence-corrected chi connectivity index (χ0v) is 11.2. The number of aromatic hydroxyl groups is 1. The SMILES string of the molecule is CC(NCc1nnc2ccccn12)c1ccccc1O. The molecule has 0 aliphatic heterocycles. The van der Waals surface area contributed by atoms with E-state index in [1.807, 2.05) is 53.9 Å². The molecule has 0 radical (unpaired) electrons. The van der Waals surface area contributed by atoms with Crippen LogP contribution in [-0.2, 0) is 6.54 Å². The van der Waals surface area contributed by atoms with Gasteiger partial charge in [-0.1, -0.05) is 24.3 Å². The van der Waals surface area contributed by atoms with Crippen molar-refractivity contribution in [2.75, 3.05) is 0 Å². The highest BCUT2D eigenvalue weighted by molar-refractivity contribution is 5.37. The van der Waals surface area contributed by atoms with Crippen LogP contribution in [-0.4, -0.2) is 19.7 Å². The number of para-hydroxylation sites is 1. The number of hydrogen-bond donors (Lipinski definition) is 2. The van der Waals surface area contributed by atoms with Crippen LogP contribution in [0.25, 0.3) is 5.65 Å². The van der Waals surface area contributed by atoms with Crippen LogP contribution in [0.15, 0.2) is 48.7 Å². The Hall–Kier alpha value is -2.40. The Morgan fingerprint density at radius 1 is 1.15 bits per heavy atom. The van der Waals surface area contributed by atoms with Crippen molar-refractivity contribution < 1.29 is 5.11 Å². The maximum absolute atomic E-state index is 9.84. The van der Waals surface area contributed by atoms with Crippen molar-refractivity contribution in [3.63, 3.8) is 0 Å². The van der Waals surface area contributed by atoms with Crippen LogP contribution >= 0.6 is 0 Å². The van der Waals surface area contributed by atoms with Crippen LogP contribution < -0.4 is 5.32 Å². The summed E-state index contributed by atoms with van der Waals surface area (Å²) in [5.74, 6) is 1.15. The van der Waals surface area contributed by atoms with Crippen molar-refractivity contribution in [2.24, 2.45) is 0 Å². The monoisotopic (exact) mass is 268 g/mol. The van der Waals surface area contributed by atoms with Crippen LogP contribution in [0.4, 0.5) is 0 Å². The van der Waals surface area contributed by atoms with Crippen LogP contribution in [0, 0.1) is 0 Å². The number of aromatic nitrogens is 3. The highest BCUT2D eigenvalue weighted by atomic mass is 16.3. The lowest BCUT2D eigenvalue weighted by Gasteiger charge is -2.14. The molecular formula is C15H16N4O. The molecule has 3 rings (SSSR count). The fourth-order valence-electron chi connectivity index (χ4n) is 2.22. The average Bonchev–Trinajstić information content (AvgIpc) is 2.88. The van der Waals surface area contributed by atoms with Crippen molar-refractivity contribution >= 4 is 5.65 Å². The number of fused-ring (bicyclic) bond motifs is 1. The molecule has 102 valence electrons. The fourth-order valence-corrected chi connectivity index (χ4v) is 2.22. The van der Waals surface area contributed by atoms with Crippen LogP contribution in [0.3, 0.4) is 0 Å². The zero-order valence-electron chi connectivity index (χ0n) is 11.2. The largest absolute Gasteiger partial charge is 0.508 e. The molecule has 0 saturated carbocycles. The summed E-state index contributed by atoms with van der Waals surface area (Å²) in [6, 6.07) is 13.2. The second kappa shape index (κ2) is 5.30. The first-order chi connectivity index (χ1) is 9.75. The molecule has 1 unspecified atom stereocenters. The number of hydrogen-bond acceptors (Lipinski definition) is 4. The topological polar surface area (TPSA) is 62.5 Å². The predicted molar refractivity (Wildman–Crippen MR) is 76.3 cm³/mol. The number of pyridine rings is 1. The van der Waals surface area contributed by atoms with Gasteiger partial charge in [-0.2, -0.15) is 0 Å². The van der Waals surface area contributed by atoms with Gasteiger partial charge in [-0.15, -0.1) is 10.2 Å². The van der Waals surface area contributed by atoms with Gasteiger partial charge in [0, 0.05) is 17.8 Å². The Kier molecular flexibility index (Phi) is 3.35. The second-order valence-corrected chi connectivity index (χ2v) is 4.71. The molecule has 1 aromatic carbocycles. The molecular weight excluding hydrogens is 252 g/mol. The standard InChI is InChI=1S/C15H16N4O/c1-11(12-6-2-3-7-13(12)20)16-10-15-18-17-14-8-4-5-9-19(14)15/h2-9,11,16,20H,10H2,1H3. The van der Waals surface area contributed by atoms with Crippen LogP contribution in [0.5, 0.6) is 5.75 Å². The molecule has 0 aliphatic carbocycles. The molecule has 2 N–H and O–H groups in total. The summed E-state index contributed by atoms with van der Waals surface area (Å²) >= 11 is 0. The van der Waals surface area contributed by atoms with E-state index in [1.165, 1.54) is 0 Å². The molecule has 0 aliphatic rings. The van der Waals surface area contributed by atoms with E-state index < -0.39 is 0 Å². The lowest BCUT2D eigenvalue weighted by Crippen LogP contribution is -2.19. The fraction of sp³-hybridized carbons (Fsp3) is 0.200. The predicted octanol–water partition coefficient (Wildman–Crippen LogP) is 2.29. The summed E-state index contributed by atoms with van der Waals surface area (Å²) in [4.78, 5) is 0. The van der Waals surface area contributed by atoms with Gasteiger partial charge < -0.3 is 10.4 Å². The van der Waals surface area contributed by atoms with Gasteiger partial charge in [0.15, 0.2) is 11.5 Å². The second-order valence-electron chi connectivity index (χ2n) is 4.71. The molecule has 0 fully saturated rings. The molecule has 1 atom stereocenters. The molecule has 5 nitrogen and oxygen atoms in total. The lowest BCUT2D eigenvalue weighted by atomic mass is 10.1. The Morgan fingerprint density at radius 2 is 1.95 bits per heavy atom. The summed E-state index contributed by atoms with van der Waals surface area (Å²) in [7, 11) is 0. The average molecular weight is 268 g/mol. The van der Waals surface area contributed by atoms with E-state index in [4.69, 9.17) is 0 Å². The number of rotatable bonds is 4. The quantitative estimate of drug-likeness (QED) is 0.762. The van der Waals surface area contributed by atoms with Gasteiger partial charge >= 0.3 is 0 Å². The third-order valence-electron chi connectivity index (χ3n) is 3.35.